The van der Waals surface area contributed by atoms with Gasteiger partial charge in [-0.15, -0.1) is 0 Å². The van der Waals surface area contributed by atoms with Crippen LogP contribution in [-0.2, 0) is 15.1 Å². The van der Waals surface area contributed by atoms with Gasteiger partial charge >= 0.3 is 0 Å². The molecule has 1 aromatic rings. The molecule has 2 aliphatic carbocycles. The van der Waals surface area contributed by atoms with Gasteiger partial charge in [0.15, 0.2) is 0 Å². The van der Waals surface area contributed by atoms with Crippen molar-refractivity contribution in [1.29, 1.82) is 0 Å². The van der Waals surface area contributed by atoms with Crippen LogP contribution in [0.25, 0.3) is 6.08 Å². The summed E-state index contributed by atoms with van der Waals surface area (Å²) in [6.07, 6.45) is 4.55. The van der Waals surface area contributed by atoms with E-state index in [4.69, 9.17) is 14.2 Å². The minimum Gasteiger partial charge on any atom is -0.496 e. The van der Waals surface area contributed by atoms with Gasteiger partial charge in [0.05, 0.1) is 18.8 Å². The molecule has 1 unspecified atom stereocenters. The maximum atomic E-state index is 12.1. The van der Waals surface area contributed by atoms with Crippen LogP contribution < -0.4 is 4.74 Å². The van der Waals surface area contributed by atoms with Crippen molar-refractivity contribution in [1.82, 2.24) is 0 Å². The van der Waals surface area contributed by atoms with Gasteiger partial charge in [0.25, 0.3) is 0 Å². The maximum absolute atomic E-state index is 12.1. The fourth-order valence-corrected chi connectivity index (χ4v) is 6.78. The van der Waals surface area contributed by atoms with Crippen molar-refractivity contribution in [3.63, 3.8) is 0 Å². The van der Waals surface area contributed by atoms with Crippen molar-refractivity contribution in [3.8, 4) is 5.75 Å². The summed E-state index contributed by atoms with van der Waals surface area (Å²) in [7, 11) is 1.68. The molecular weight excluding hydrogens is 368 g/mol. The molecule has 4 aliphatic rings. The number of aliphatic hydroxyl groups is 2. The molecule has 5 rings (SSSR count). The van der Waals surface area contributed by atoms with E-state index in [9.17, 15) is 10.2 Å². The molecule has 1 aromatic carbocycles. The molecule has 29 heavy (non-hydrogen) atoms. The minimum atomic E-state index is -1.22. The molecular formula is C24H32O5. The van der Waals surface area contributed by atoms with Crippen molar-refractivity contribution >= 4 is 6.08 Å². The summed E-state index contributed by atoms with van der Waals surface area (Å²) in [6.45, 7) is 10.1. The first-order chi connectivity index (χ1) is 13.6. The zero-order chi connectivity index (χ0) is 21.0. The van der Waals surface area contributed by atoms with E-state index in [1.54, 1.807) is 7.11 Å². The van der Waals surface area contributed by atoms with Crippen molar-refractivity contribution < 1.29 is 24.4 Å². The number of fused-ring (bicyclic) bond motifs is 1. The molecule has 158 valence electrons. The van der Waals surface area contributed by atoms with Gasteiger partial charge in [0, 0.05) is 17.3 Å². The lowest BCUT2D eigenvalue weighted by atomic mass is 9.55. The Labute approximate surface area is 172 Å². The van der Waals surface area contributed by atoms with E-state index in [1.165, 1.54) is 0 Å². The molecule has 5 heteroatoms. The van der Waals surface area contributed by atoms with Gasteiger partial charge in [-0.05, 0) is 49.4 Å². The van der Waals surface area contributed by atoms with Crippen LogP contribution in [0.3, 0.4) is 0 Å². The number of ether oxygens (including phenoxy) is 3. The molecule has 5 nitrogen and oxygen atoms in total. The third kappa shape index (κ3) is 1.92. The van der Waals surface area contributed by atoms with Crippen LogP contribution in [0.15, 0.2) is 18.2 Å². The van der Waals surface area contributed by atoms with Gasteiger partial charge < -0.3 is 24.4 Å². The number of benzene rings is 1. The Balaban J connectivity index is 1.76. The van der Waals surface area contributed by atoms with E-state index in [1.807, 2.05) is 26.8 Å². The molecule has 2 N–H and O–H groups in total. The first-order valence-corrected chi connectivity index (χ1v) is 10.7. The van der Waals surface area contributed by atoms with Crippen LogP contribution in [0, 0.1) is 24.2 Å². The fourth-order valence-electron chi connectivity index (χ4n) is 6.78. The summed E-state index contributed by atoms with van der Waals surface area (Å²) in [4.78, 5) is 0. The Morgan fingerprint density at radius 1 is 1.17 bits per heavy atom. The molecule has 0 amide bonds. The second kappa shape index (κ2) is 5.64. The number of methoxy groups -OCH3 is 1. The zero-order valence-corrected chi connectivity index (χ0v) is 18.2. The fraction of sp³-hybridized carbons (Fsp3) is 0.667. The van der Waals surface area contributed by atoms with Crippen LogP contribution in [0.5, 0.6) is 5.75 Å². The molecule has 2 aliphatic heterocycles. The van der Waals surface area contributed by atoms with Gasteiger partial charge in [-0.1, -0.05) is 39.0 Å². The molecule has 2 saturated heterocycles. The first-order valence-electron chi connectivity index (χ1n) is 10.7. The lowest BCUT2D eigenvalue weighted by molar-refractivity contribution is -0.399. The highest BCUT2D eigenvalue weighted by molar-refractivity contribution is 5.68. The van der Waals surface area contributed by atoms with Gasteiger partial charge in [-0.3, -0.25) is 0 Å². The number of hydrogen-bond acceptors (Lipinski definition) is 5. The summed E-state index contributed by atoms with van der Waals surface area (Å²) in [5.74, 6) is -0.833. The number of aliphatic hydroxyl groups excluding tert-OH is 1. The Morgan fingerprint density at radius 2 is 1.90 bits per heavy atom. The highest BCUT2D eigenvalue weighted by atomic mass is 16.7. The number of hydrogen-bond donors (Lipinski definition) is 2. The molecule has 0 aromatic heterocycles. The standard InChI is InChI=1S/C24H32O5/c1-13-15(3)28-24(20(13)25)16(4)22(26)11-12-23(29-24)18-7-8-19(27-6)14(2)17(18)9-10-21(22,23)5/h7-10,13,15-16,20,25-26H,11-12H2,1-6H3/t13-,15?,16+,20-,21-,22+,23+,24+/m1/s1. The lowest BCUT2D eigenvalue weighted by Crippen LogP contribution is -2.71. The lowest BCUT2D eigenvalue weighted by Gasteiger charge is -2.62. The molecule has 3 fully saturated rings. The van der Waals surface area contributed by atoms with Gasteiger partial charge in [0.1, 0.15) is 17.5 Å². The minimum absolute atomic E-state index is 0.0718. The van der Waals surface area contributed by atoms with Gasteiger partial charge in [-0.25, -0.2) is 0 Å². The smallest absolute Gasteiger partial charge is 0.201 e. The summed E-state index contributed by atoms with van der Waals surface area (Å²) >= 11 is 0. The summed E-state index contributed by atoms with van der Waals surface area (Å²) < 4.78 is 18.9. The van der Waals surface area contributed by atoms with Gasteiger partial charge in [-0.2, -0.15) is 0 Å². The normalized spacial score (nSPS) is 49.9. The Morgan fingerprint density at radius 3 is 2.52 bits per heavy atom. The largest absolute Gasteiger partial charge is 0.496 e. The highest BCUT2D eigenvalue weighted by Crippen LogP contribution is 2.72. The van der Waals surface area contributed by atoms with Crippen LogP contribution in [0.4, 0.5) is 0 Å². The van der Waals surface area contributed by atoms with E-state index in [0.29, 0.717) is 12.8 Å². The van der Waals surface area contributed by atoms with Crippen LogP contribution in [0.2, 0.25) is 0 Å². The maximum Gasteiger partial charge on any atom is 0.201 e. The van der Waals surface area contributed by atoms with E-state index in [0.717, 1.165) is 22.4 Å². The molecule has 1 saturated carbocycles. The van der Waals surface area contributed by atoms with Crippen molar-refractivity contribution in [2.24, 2.45) is 17.3 Å². The SMILES string of the molecule is COc1ccc2c(c1C)C=C[C@@]1(C)[C@]23CC[C@]1(O)[C@H](C)[C@]1(OC(C)[C@@H](C)[C@H]1O)O3. The van der Waals surface area contributed by atoms with Crippen molar-refractivity contribution in [2.45, 2.75) is 76.7 Å². The molecule has 8 atom stereocenters. The zero-order valence-electron chi connectivity index (χ0n) is 18.2. The topological polar surface area (TPSA) is 68.2 Å². The van der Waals surface area contributed by atoms with Crippen molar-refractivity contribution in [2.75, 3.05) is 7.11 Å². The summed E-state index contributed by atoms with van der Waals surface area (Å²) in [6, 6.07) is 4.04. The summed E-state index contributed by atoms with van der Waals surface area (Å²) in [5.41, 5.74) is 0.754. The van der Waals surface area contributed by atoms with E-state index < -0.39 is 28.5 Å². The van der Waals surface area contributed by atoms with E-state index in [2.05, 4.69) is 32.1 Å². The average molecular weight is 401 g/mol. The van der Waals surface area contributed by atoms with Crippen LogP contribution in [0.1, 0.15) is 57.2 Å². The quantitative estimate of drug-likeness (QED) is 0.755. The summed E-state index contributed by atoms with van der Waals surface area (Å²) in [5, 5.41) is 23.4. The second-order valence-electron chi connectivity index (χ2n) is 9.81. The highest BCUT2D eigenvalue weighted by Gasteiger charge is 2.79. The monoisotopic (exact) mass is 400 g/mol. The average Bonchev–Trinajstić information content (AvgIpc) is 3.01. The second-order valence-corrected chi connectivity index (χ2v) is 9.81. The Bertz CT molecular complexity index is 911. The van der Waals surface area contributed by atoms with E-state index >= 15 is 0 Å². The first kappa shape index (κ1) is 19.6. The van der Waals surface area contributed by atoms with E-state index in [-0.39, 0.29) is 17.9 Å². The third-order valence-corrected chi connectivity index (χ3v) is 8.97. The Hall–Kier alpha value is -1.40. The Kier molecular flexibility index (Phi) is 3.80. The molecule has 2 heterocycles. The molecule has 2 bridgehead atoms. The van der Waals surface area contributed by atoms with Crippen molar-refractivity contribution in [3.05, 3.63) is 34.9 Å². The van der Waals surface area contributed by atoms with Crippen LogP contribution >= 0.6 is 0 Å². The van der Waals surface area contributed by atoms with Gasteiger partial charge in [0.2, 0.25) is 5.79 Å². The third-order valence-electron chi connectivity index (χ3n) is 8.97. The molecule has 0 radical (unpaired) electrons. The molecule has 1 spiro atoms. The predicted octanol–water partition coefficient (Wildman–Crippen LogP) is 3.54. The van der Waals surface area contributed by atoms with Crippen LogP contribution in [-0.4, -0.2) is 40.9 Å². The number of rotatable bonds is 1. The predicted molar refractivity (Wildman–Crippen MR) is 109 cm³/mol.